The van der Waals surface area contributed by atoms with Crippen LogP contribution in [0.3, 0.4) is 0 Å². The largest absolute Gasteiger partial charge is 0.446 e. The number of nitrogens with one attached hydrogen (secondary N) is 1. The third kappa shape index (κ3) is 3.26. The Hall–Kier alpha value is -1.67. The monoisotopic (exact) mass is 304 g/mol. The molecule has 0 unspecified atom stereocenters. The first-order chi connectivity index (χ1) is 9.30. The summed E-state index contributed by atoms with van der Waals surface area (Å²) in [4.78, 5) is 19.5. The normalized spacial score (nSPS) is 11.8. The van der Waals surface area contributed by atoms with Gasteiger partial charge in [-0.15, -0.1) is 0 Å². The Labute approximate surface area is 116 Å². The van der Waals surface area contributed by atoms with Gasteiger partial charge in [0.2, 0.25) is 0 Å². The fourth-order valence-corrected chi connectivity index (χ4v) is 2.26. The number of fused-ring (bicyclic) bond motifs is 1. The fraction of sp³-hybridized carbons (Fsp3) is 0.250. The van der Waals surface area contributed by atoms with Crippen molar-refractivity contribution in [2.75, 3.05) is 14.2 Å². The second-order valence-electron chi connectivity index (χ2n) is 3.97. The molecule has 4 nitrogen and oxygen atoms in total. The van der Waals surface area contributed by atoms with Crippen LogP contribution in [0.1, 0.15) is 10.5 Å². The Kier molecular flexibility index (Phi) is 3.96. The lowest BCUT2D eigenvalue weighted by Crippen LogP contribution is -2.25. The molecular weight excluding hydrogens is 293 g/mol. The van der Waals surface area contributed by atoms with Crippen molar-refractivity contribution in [1.82, 2.24) is 10.0 Å². The number of aromatic nitrogens is 1. The summed E-state index contributed by atoms with van der Waals surface area (Å²) in [6, 6.07) is 5.74. The molecule has 20 heavy (non-hydrogen) atoms. The number of hydroxylamine groups is 2. The van der Waals surface area contributed by atoms with Crippen molar-refractivity contribution in [3.63, 3.8) is 0 Å². The number of benzene rings is 1. The third-order valence-corrected chi connectivity index (χ3v) is 3.34. The van der Waals surface area contributed by atoms with Crippen LogP contribution in [0.2, 0.25) is 0 Å². The summed E-state index contributed by atoms with van der Waals surface area (Å²) in [6.07, 6.45) is 0. The third-order valence-electron chi connectivity index (χ3n) is 2.62. The van der Waals surface area contributed by atoms with Crippen LogP contribution in [-0.2, 0) is 4.84 Å². The van der Waals surface area contributed by atoms with Crippen LogP contribution in [0.25, 0.3) is 10.9 Å². The Morgan fingerprint density at radius 2 is 2.05 bits per heavy atom. The second-order valence-corrected chi connectivity index (χ2v) is 5.10. The Morgan fingerprint density at radius 1 is 1.35 bits per heavy atom. The highest BCUT2D eigenvalue weighted by atomic mass is 32.2. The molecule has 1 aromatic heterocycles. The van der Waals surface area contributed by atoms with Crippen molar-refractivity contribution >= 4 is 28.6 Å². The minimum atomic E-state index is -4.33. The molecule has 0 aliphatic heterocycles. The van der Waals surface area contributed by atoms with E-state index in [2.05, 4.69) is 4.98 Å². The van der Waals surface area contributed by atoms with Crippen molar-refractivity contribution in [3.8, 4) is 0 Å². The number of H-pyrrole nitrogens is 1. The zero-order valence-corrected chi connectivity index (χ0v) is 11.4. The molecule has 0 spiro atoms. The van der Waals surface area contributed by atoms with Crippen LogP contribution in [-0.4, -0.2) is 35.6 Å². The van der Waals surface area contributed by atoms with E-state index in [0.29, 0.717) is 10.9 Å². The molecule has 0 fully saturated rings. The Bertz CT molecular complexity index is 639. The number of hydrogen-bond acceptors (Lipinski definition) is 3. The first kappa shape index (κ1) is 14.7. The van der Waals surface area contributed by atoms with Gasteiger partial charge in [0.15, 0.2) is 0 Å². The Balaban J connectivity index is 2.33. The number of aromatic amines is 1. The number of alkyl halides is 3. The summed E-state index contributed by atoms with van der Waals surface area (Å²) in [5, 5.41) is 1.56. The van der Waals surface area contributed by atoms with Crippen LogP contribution >= 0.6 is 11.8 Å². The van der Waals surface area contributed by atoms with Crippen molar-refractivity contribution in [2.45, 2.75) is 10.4 Å². The highest BCUT2D eigenvalue weighted by Crippen LogP contribution is 2.37. The van der Waals surface area contributed by atoms with E-state index in [1.165, 1.54) is 38.4 Å². The average Bonchev–Trinajstić information content (AvgIpc) is 2.77. The molecular formula is C12H11F3N2O2S. The zero-order chi connectivity index (χ0) is 14.9. The van der Waals surface area contributed by atoms with Gasteiger partial charge >= 0.3 is 5.51 Å². The molecule has 0 aliphatic carbocycles. The average molecular weight is 304 g/mol. The van der Waals surface area contributed by atoms with Gasteiger partial charge in [-0.05, 0) is 36.0 Å². The summed E-state index contributed by atoms with van der Waals surface area (Å²) in [5.74, 6) is -0.409. The smallest absolute Gasteiger partial charge is 0.350 e. The second kappa shape index (κ2) is 5.37. The van der Waals surface area contributed by atoms with Crippen LogP contribution < -0.4 is 0 Å². The van der Waals surface area contributed by atoms with Gasteiger partial charge in [0.25, 0.3) is 5.91 Å². The molecule has 8 heteroatoms. The van der Waals surface area contributed by atoms with Gasteiger partial charge < -0.3 is 4.98 Å². The molecule has 2 aromatic rings. The Morgan fingerprint density at radius 3 is 2.65 bits per heavy atom. The van der Waals surface area contributed by atoms with Crippen molar-refractivity contribution in [3.05, 3.63) is 30.0 Å². The van der Waals surface area contributed by atoms with E-state index < -0.39 is 11.4 Å². The predicted molar refractivity (Wildman–Crippen MR) is 69.3 cm³/mol. The number of amides is 1. The summed E-state index contributed by atoms with van der Waals surface area (Å²) in [6.45, 7) is 0. The molecule has 0 saturated carbocycles. The lowest BCUT2D eigenvalue weighted by molar-refractivity contribution is -0.0759. The molecule has 0 aliphatic rings. The number of carbonyl (C=O) groups is 1. The molecule has 0 radical (unpaired) electrons. The van der Waals surface area contributed by atoms with E-state index in [9.17, 15) is 18.0 Å². The van der Waals surface area contributed by atoms with Crippen molar-refractivity contribution in [1.29, 1.82) is 0 Å². The van der Waals surface area contributed by atoms with Gasteiger partial charge in [0.1, 0.15) is 5.69 Å². The van der Waals surface area contributed by atoms with Crippen LogP contribution in [0.5, 0.6) is 0 Å². The van der Waals surface area contributed by atoms with Gasteiger partial charge in [-0.3, -0.25) is 9.63 Å². The molecule has 1 aromatic carbocycles. The number of nitrogens with zero attached hydrogens (tertiary/aromatic N) is 1. The number of carbonyl (C=O) groups excluding carboxylic acids is 1. The summed E-state index contributed by atoms with van der Waals surface area (Å²) < 4.78 is 36.9. The molecule has 0 atom stereocenters. The van der Waals surface area contributed by atoms with Gasteiger partial charge in [0, 0.05) is 22.8 Å². The quantitative estimate of drug-likeness (QED) is 0.698. The molecule has 1 N–H and O–H groups in total. The highest BCUT2D eigenvalue weighted by molar-refractivity contribution is 8.00. The minimum absolute atomic E-state index is 0.0723. The lowest BCUT2D eigenvalue weighted by atomic mass is 10.2. The standard InChI is InChI=1S/C12H11F3N2O2S/c1-17(19-2)11(18)10-6-7-5-8(20-12(13,14)15)3-4-9(7)16-10/h3-6,16H,1-2H3. The van der Waals surface area contributed by atoms with E-state index >= 15 is 0 Å². The maximum Gasteiger partial charge on any atom is 0.446 e. The fourth-order valence-electron chi connectivity index (χ4n) is 1.68. The number of hydrogen-bond donors (Lipinski definition) is 1. The number of thioether (sulfide) groups is 1. The molecule has 1 heterocycles. The van der Waals surface area contributed by atoms with E-state index in [1.807, 2.05) is 0 Å². The number of rotatable bonds is 3. The summed E-state index contributed by atoms with van der Waals surface area (Å²) in [7, 11) is 2.79. The van der Waals surface area contributed by atoms with Gasteiger partial charge in [-0.25, -0.2) is 5.06 Å². The van der Waals surface area contributed by atoms with E-state index in [4.69, 9.17) is 4.84 Å². The van der Waals surface area contributed by atoms with Crippen molar-refractivity contribution in [2.24, 2.45) is 0 Å². The highest BCUT2D eigenvalue weighted by Gasteiger charge is 2.29. The van der Waals surface area contributed by atoms with Gasteiger partial charge in [-0.2, -0.15) is 13.2 Å². The van der Waals surface area contributed by atoms with E-state index in [0.717, 1.165) is 5.06 Å². The van der Waals surface area contributed by atoms with Crippen molar-refractivity contribution < 1.29 is 22.8 Å². The minimum Gasteiger partial charge on any atom is -0.350 e. The van der Waals surface area contributed by atoms with Gasteiger partial charge in [-0.1, -0.05) is 0 Å². The molecule has 2 rings (SSSR count). The van der Waals surface area contributed by atoms with E-state index in [-0.39, 0.29) is 22.4 Å². The lowest BCUT2D eigenvalue weighted by Gasteiger charge is -2.11. The number of halogens is 3. The molecule has 0 bridgehead atoms. The maximum atomic E-state index is 12.3. The zero-order valence-electron chi connectivity index (χ0n) is 10.6. The molecule has 0 saturated heterocycles. The van der Waals surface area contributed by atoms with E-state index in [1.54, 1.807) is 0 Å². The maximum absolute atomic E-state index is 12.3. The first-order valence-corrected chi connectivity index (χ1v) is 6.32. The topological polar surface area (TPSA) is 45.3 Å². The molecule has 108 valence electrons. The van der Waals surface area contributed by atoms with Gasteiger partial charge in [0.05, 0.1) is 7.11 Å². The van der Waals surface area contributed by atoms with Crippen LogP contribution in [0, 0.1) is 0 Å². The SMILES string of the molecule is CON(C)C(=O)c1cc2cc(SC(F)(F)F)ccc2[nH]1. The van der Waals surface area contributed by atoms with Crippen LogP contribution in [0.15, 0.2) is 29.2 Å². The summed E-state index contributed by atoms with van der Waals surface area (Å²) >= 11 is -0.190. The first-order valence-electron chi connectivity index (χ1n) is 5.51. The van der Waals surface area contributed by atoms with Crippen LogP contribution in [0.4, 0.5) is 13.2 Å². The molecule has 1 amide bonds. The summed E-state index contributed by atoms with van der Waals surface area (Å²) in [5.41, 5.74) is -3.50. The predicted octanol–water partition coefficient (Wildman–Crippen LogP) is 3.41.